The quantitative estimate of drug-likeness (QED) is 0.825. The van der Waals surface area contributed by atoms with Crippen molar-refractivity contribution < 1.29 is 18.6 Å². The molecule has 1 heterocycles. The summed E-state index contributed by atoms with van der Waals surface area (Å²) in [5, 5.41) is 13.3. The van der Waals surface area contributed by atoms with Crippen LogP contribution in [-0.2, 0) is 0 Å². The van der Waals surface area contributed by atoms with Gasteiger partial charge in [0.1, 0.15) is 5.75 Å². The van der Waals surface area contributed by atoms with Gasteiger partial charge in [0.15, 0.2) is 0 Å². The van der Waals surface area contributed by atoms with Crippen LogP contribution in [0.2, 0.25) is 0 Å². The summed E-state index contributed by atoms with van der Waals surface area (Å²) >= 11 is 0. The number of nitrogens with zero attached hydrogens (tertiary/aromatic N) is 1. The fourth-order valence-corrected chi connectivity index (χ4v) is 2.05. The second-order valence-corrected chi connectivity index (χ2v) is 4.88. The first kappa shape index (κ1) is 16.3. The average molecular weight is 308 g/mol. The van der Waals surface area contributed by atoms with E-state index in [4.69, 9.17) is 0 Å². The van der Waals surface area contributed by atoms with Crippen molar-refractivity contribution in [3.63, 3.8) is 0 Å². The van der Waals surface area contributed by atoms with Crippen molar-refractivity contribution >= 4 is 0 Å². The molecule has 0 aliphatic carbocycles. The number of aliphatic hydroxyl groups is 1. The Bertz CT molecular complexity index is 581. The first-order valence-electron chi connectivity index (χ1n) is 6.92. The van der Waals surface area contributed by atoms with E-state index in [0.717, 1.165) is 5.56 Å². The van der Waals surface area contributed by atoms with Crippen LogP contribution in [0.5, 0.6) is 5.75 Å². The van der Waals surface area contributed by atoms with E-state index in [2.05, 4.69) is 15.0 Å². The Hall–Kier alpha value is -2.05. The van der Waals surface area contributed by atoms with Crippen LogP contribution in [-0.4, -0.2) is 23.2 Å². The van der Waals surface area contributed by atoms with Crippen molar-refractivity contribution in [1.82, 2.24) is 10.3 Å². The molecule has 0 saturated carbocycles. The molecule has 0 radical (unpaired) electrons. The monoisotopic (exact) mass is 308 g/mol. The number of alkyl halides is 2. The maximum Gasteiger partial charge on any atom is 0.387 e. The van der Waals surface area contributed by atoms with Crippen LogP contribution in [0.4, 0.5) is 8.78 Å². The third kappa shape index (κ3) is 4.75. The Morgan fingerprint density at radius 1 is 1.23 bits per heavy atom. The lowest BCUT2D eigenvalue weighted by Crippen LogP contribution is -2.24. The zero-order chi connectivity index (χ0) is 15.9. The third-order valence-electron chi connectivity index (χ3n) is 3.27. The molecule has 1 aromatic carbocycles. The molecular formula is C16H18F2N2O2. The van der Waals surface area contributed by atoms with Crippen molar-refractivity contribution in [3.8, 4) is 5.75 Å². The summed E-state index contributed by atoms with van der Waals surface area (Å²) in [6.07, 6.45) is 2.63. The molecule has 6 heteroatoms. The van der Waals surface area contributed by atoms with Gasteiger partial charge in [-0.25, -0.2) is 0 Å². The van der Waals surface area contributed by atoms with E-state index < -0.39 is 12.7 Å². The first-order valence-corrected chi connectivity index (χ1v) is 6.92. The summed E-state index contributed by atoms with van der Waals surface area (Å²) in [6.45, 7) is -0.634. The second-order valence-electron chi connectivity index (χ2n) is 4.88. The number of benzene rings is 1. The Labute approximate surface area is 127 Å². The molecule has 0 bridgehead atoms. The fraction of sp³-hybridized carbons (Fsp3) is 0.312. The molecule has 0 aliphatic rings. The van der Waals surface area contributed by atoms with Crippen LogP contribution in [0.15, 0.2) is 48.8 Å². The summed E-state index contributed by atoms with van der Waals surface area (Å²) in [7, 11) is 0. The van der Waals surface area contributed by atoms with Crippen LogP contribution >= 0.6 is 0 Å². The minimum atomic E-state index is -2.88. The molecule has 1 aromatic heterocycles. The Morgan fingerprint density at radius 3 is 2.68 bits per heavy atom. The van der Waals surface area contributed by atoms with Gasteiger partial charge >= 0.3 is 6.61 Å². The Balaban J connectivity index is 1.93. The predicted molar refractivity (Wildman–Crippen MR) is 78.7 cm³/mol. The number of ether oxygens (including phenoxy) is 1. The van der Waals surface area contributed by atoms with Crippen LogP contribution in [0, 0.1) is 0 Å². The van der Waals surface area contributed by atoms with Gasteiger partial charge in [0.25, 0.3) is 0 Å². The van der Waals surface area contributed by atoms with Gasteiger partial charge in [-0.1, -0.05) is 18.2 Å². The maximum absolute atomic E-state index is 12.2. The van der Waals surface area contributed by atoms with Crippen molar-refractivity contribution in [2.24, 2.45) is 0 Å². The molecule has 0 amide bonds. The highest BCUT2D eigenvalue weighted by Crippen LogP contribution is 2.21. The fourth-order valence-electron chi connectivity index (χ4n) is 2.05. The normalized spacial score (nSPS) is 13.9. The molecule has 0 saturated heterocycles. The van der Waals surface area contributed by atoms with Gasteiger partial charge in [-0.3, -0.25) is 4.98 Å². The van der Waals surface area contributed by atoms with Crippen LogP contribution in [0.1, 0.15) is 30.2 Å². The summed E-state index contributed by atoms with van der Waals surface area (Å²) in [5.74, 6) is 0.0341. The number of nitrogens with one attached hydrogen (secondary N) is 1. The summed E-state index contributed by atoms with van der Waals surface area (Å²) < 4.78 is 28.7. The molecular weight excluding hydrogens is 290 g/mol. The summed E-state index contributed by atoms with van der Waals surface area (Å²) in [6, 6.07) is 9.87. The predicted octanol–water partition coefficient (Wildman–Crippen LogP) is 3.07. The molecule has 2 rings (SSSR count). The Kier molecular flexibility index (Phi) is 5.80. The molecule has 2 N–H and O–H groups in total. The molecule has 22 heavy (non-hydrogen) atoms. The van der Waals surface area contributed by atoms with Gasteiger partial charge in [-0.05, 0) is 36.2 Å². The smallest absolute Gasteiger partial charge is 0.387 e. The van der Waals surface area contributed by atoms with Gasteiger partial charge in [0.05, 0.1) is 6.10 Å². The number of hydrogen-bond donors (Lipinski definition) is 2. The van der Waals surface area contributed by atoms with Crippen LogP contribution in [0.25, 0.3) is 0 Å². The van der Waals surface area contributed by atoms with E-state index in [9.17, 15) is 13.9 Å². The van der Waals surface area contributed by atoms with E-state index in [1.807, 2.05) is 19.1 Å². The summed E-state index contributed by atoms with van der Waals surface area (Å²) in [4.78, 5) is 4.04. The lowest BCUT2D eigenvalue weighted by atomic mass is 10.1. The highest BCUT2D eigenvalue weighted by atomic mass is 19.3. The van der Waals surface area contributed by atoms with Crippen LogP contribution < -0.4 is 10.1 Å². The molecule has 2 aromatic rings. The zero-order valence-electron chi connectivity index (χ0n) is 12.1. The Morgan fingerprint density at radius 2 is 2.00 bits per heavy atom. The van der Waals surface area contributed by atoms with Gasteiger partial charge in [-0.15, -0.1) is 0 Å². The van der Waals surface area contributed by atoms with Crippen molar-refractivity contribution in [3.05, 3.63) is 59.9 Å². The van der Waals surface area contributed by atoms with Crippen molar-refractivity contribution in [1.29, 1.82) is 0 Å². The molecule has 0 aliphatic heterocycles. The van der Waals surface area contributed by atoms with Crippen molar-refractivity contribution in [2.45, 2.75) is 25.7 Å². The molecule has 118 valence electrons. The molecule has 0 fully saturated rings. The lowest BCUT2D eigenvalue weighted by Gasteiger charge is -2.18. The number of pyridine rings is 1. The van der Waals surface area contributed by atoms with E-state index in [0.29, 0.717) is 5.56 Å². The summed E-state index contributed by atoms with van der Waals surface area (Å²) in [5.41, 5.74) is 1.52. The largest absolute Gasteiger partial charge is 0.435 e. The highest BCUT2D eigenvalue weighted by molar-refractivity contribution is 5.30. The molecule has 0 spiro atoms. The molecule has 2 atom stereocenters. The number of hydrogen-bond acceptors (Lipinski definition) is 4. The van der Waals surface area contributed by atoms with Crippen LogP contribution in [0.3, 0.4) is 0 Å². The van der Waals surface area contributed by atoms with Crippen molar-refractivity contribution in [2.75, 3.05) is 6.54 Å². The number of rotatable bonds is 7. The number of aliphatic hydroxyl groups excluding tert-OH is 1. The maximum atomic E-state index is 12.2. The third-order valence-corrected chi connectivity index (χ3v) is 3.27. The highest BCUT2D eigenvalue weighted by Gasteiger charge is 2.12. The topological polar surface area (TPSA) is 54.4 Å². The van der Waals surface area contributed by atoms with Gasteiger partial charge in [0, 0.05) is 25.0 Å². The van der Waals surface area contributed by atoms with Gasteiger partial charge in [0.2, 0.25) is 0 Å². The number of halogens is 2. The lowest BCUT2D eigenvalue weighted by molar-refractivity contribution is -0.0499. The van der Waals surface area contributed by atoms with E-state index >= 15 is 0 Å². The van der Waals surface area contributed by atoms with E-state index in [1.165, 1.54) is 12.1 Å². The molecule has 2 unspecified atom stereocenters. The zero-order valence-corrected chi connectivity index (χ0v) is 12.1. The van der Waals surface area contributed by atoms with Gasteiger partial charge < -0.3 is 15.2 Å². The average Bonchev–Trinajstić information content (AvgIpc) is 2.52. The second kappa shape index (κ2) is 7.82. The SMILES string of the molecule is CC(NCC(O)c1cccc(OC(F)F)c1)c1cccnc1. The van der Waals surface area contributed by atoms with E-state index in [1.54, 1.807) is 24.5 Å². The molecule has 4 nitrogen and oxygen atoms in total. The first-order chi connectivity index (χ1) is 10.6. The van der Waals surface area contributed by atoms with Gasteiger partial charge in [-0.2, -0.15) is 8.78 Å². The number of aromatic nitrogens is 1. The minimum Gasteiger partial charge on any atom is -0.435 e. The standard InChI is InChI=1S/C16H18F2N2O2/c1-11(13-5-3-7-19-9-13)20-10-15(21)12-4-2-6-14(8-12)22-16(17)18/h2-9,11,15-16,20-21H,10H2,1H3. The minimum absolute atomic E-state index is 0.0175. The van der Waals surface area contributed by atoms with E-state index in [-0.39, 0.29) is 18.3 Å².